The van der Waals surface area contributed by atoms with Crippen molar-refractivity contribution in [3.63, 3.8) is 0 Å². The number of phosphoric ester groups is 1. The topological polar surface area (TPSA) is 108 Å². The van der Waals surface area contributed by atoms with Gasteiger partial charge in [-0.2, -0.15) is 0 Å². The number of hydrogen-bond acceptors (Lipinski definition) is 6. The van der Waals surface area contributed by atoms with Crippen molar-refractivity contribution in [3.05, 3.63) is 12.2 Å². The first-order chi connectivity index (χ1) is 21.4. The van der Waals surface area contributed by atoms with E-state index in [4.69, 9.17) is 9.05 Å². The van der Waals surface area contributed by atoms with Crippen molar-refractivity contribution in [2.45, 2.75) is 162 Å². The van der Waals surface area contributed by atoms with E-state index in [0.29, 0.717) is 29.7 Å². The Morgan fingerprint density at radius 3 is 1.64 bits per heavy atom. The van der Waals surface area contributed by atoms with Crippen LogP contribution in [0.25, 0.3) is 0 Å². The Morgan fingerprint density at radius 1 is 0.778 bits per heavy atom. The van der Waals surface area contributed by atoms with Gasteiger partial charge in [-0.3, -0.25) is 9.36 Å². The van der Waals surface area contributed by atoms with E-state index in [-0.39, 0.29) is 25.0 Å². The molecule has 0 heterocycles. The van der Waals surface area contributed by atoms with Gasteiger partial charge in [-0.25, -0.2) is 0 Å². The van der Waals surface area contributed by atoms with Gasteiger partial charge in [0.25, 0.3) is 7.82 Å². The van der Waals surface area contributed by atoms with Gasteiger partial charge in [0.2, 0.25) is 5.91 Å². The number of likely N-dealkylation sites (N-methyl/N-ethyl adjacent to an activating group) is 1. The number of phosphoric acid groups is 1. The van der Waals surface area contributed by atoms with Crippen LogP contribution in [0, 0.1) is 5.92 Å². The first-order valence-electron chi connectivity index (χ1n) is 18.5. The summed E-state index contributed by atoms with van der Waals surface area (Å²) in [6.07, 6.45) is 24.6. The largest absolute Gasteiger partial charge is 0.756 e. The second-order valence-corrected chi connectivity index (χ2v) is 15.4. The summed E-state index contributed by atoms with van der Waals surface area (Å²) in [6.45, 7) is 11.2. The Balaban J connectivity index is 4.53. The van der Waals surface area contributed by atoms with Gasteiger partial charge in [-0.05, 0) is 25.7 Å². The lowest BCUT2D eigenvalue weighted by molar-refractivity contribution is -0.893. The minimum absolute atomic E-state index is 0.155. The SMILES string of the molecule is C=C(C)C(=O)NCCC[N+](C)(C)CC(O)COP(=O)([O-])OCC(CCCCCCCCCC)CCCCCCCCCCCC. The standard InChI is InChI=1S/C36H73N2O6P/c1-7-9-11-13-15-17-18-20-22-24-27-34(26-23-21-19-16-14-12-10-8-2)31-43-45(41,42)44-32-35(39)30-38(5,6)29-25-28-37-36(40)33(3)4/h34-35,39H,3,7-32H2,1-2,4-6H3,(H-,37,40,41,42). The fourth-order valence-corrected chi connectivity index (χ4v) is 6.61. The van der Waals surface area contributed by atoms with Crippen LogP contribution in [0.5, 0.6) is 0 Å². The third kappa shape index (κ3) is 29.1. The van der Waals surface area contributed by atoms with E-state index in [1.807, 2.05) is 14.1 Å². The van der Waals surface area contributed by atoms with Gasteiger partial charge in [0.1, 0.15) is 12.6 Å². The monoisotopic (exact) mass is 661 g/mol. The van der Waals surface area contributed by atoms with E-state index < -0.39 is 13.9 Å². The fourth-order valence-electron chi connectivity index (χ4n) is 5.78. The van der Waals surface area contributed by atoms with Gasteiger partial charge in [0.05, 0.1) is 33.9 Å². The van der Waals surface area contributed by atoms with Gasteiger partial charge in [-0.15, -0.1) is 0 Å². The summed E-state index contributed by atoms with van der Waals surface area (Å²) in [5, 5.41) is 13.3. The molecule has 0 radical (unpaired) electrons. The van der Waals surface area contributed by atoms with Crippen LogP contribution in [0.2, 0.25) is 0 Å². The van der Waals surface area contributed by atoms with Crippen molar-refractivity contribution in [2.75, 3.05) is 46.9 Å². The molecule has 3 atom stereocenters. The summed E-state index contributed by atoms with van der Waals surface area (Å²) >= 11 is 0. The number of aliphatic hydroxyl groups is 1. The van der Waals surface area contributed by atoms with E-state index in [1.165, 1.54) is 103 Å². The highest BCUT2D eigenvalue weighted by Gasteiger charge is 2.23. The van der Waals surface area contributed by atoms with Crippen LogP contribution >= 0.6 is 7.82 Å². The minimum Gasteiger partial charge on any atom is -0.756 e. The molecule has 9 heteroatoms. The van der Waals surface area contributed by atoms with Crippen LogP contribution in [0.15, 0.2) is 12.2 Å². The number of quaternary nitrogens is 1. The Bertz CT molecular complexity index is 779. The molecule has 0 aliphatic heterocycles. The molecule has 0 fully saturated rings. The highest BCUT2D eigenvalue weighted by atomic mass is 31.2. The Kier molecular flexibility index (Phi) is 27.8. The molecule has 3 unspecified atom stereocenters. The number of aliphatic hydroxyl groups excluding tert-OH is 1. The van der Waals surface area contributed by atoms with Gasteiger partial charge >= 0.3 is 0 Å². The molecular weight excluding hydrogens is 587 g/mol. The predicted octanol–water partition coefficient (Wildman–Crippen LogP) is 8.47. The van der Waals surface area contributed by atoms with Crippen molar-refractivity contribution >= 4 is 13.7 Å². The van der Waals surface area contributed by atoms with E-state index in [2.05, 4.69) is 25.7 Å². The molecule has 0 aromatic carbocycles. The normalized spacial score (nSPS) is 14.6. The van der Waals surface area contributed by atoms with Crippen LogP contribution < -0.4 is 10.2 Å². The molecule has 0 rings (SSSR count). The molecule has 0 aliphatic carbocycles. The average molecular weight is 661 g/mol. The summed E-state index contributed by atoms with van der Waals surface area (Å²) in [6, 6.07) is 0. The highest BCUT2D eigenvalue weighted by Crippen LogP contribution is 2.39. The van der Waals surface area contributed by atoms with Crippen molar-refractivity contribution in [3.8, 4) is 0 Å². The predicted molar refractivity (Wildman–Crippen MR) is 187 cm³/mol. The molecule has 0 spiro atoms. The summed E-state index contributed by atoms with van der Waals surface area (Å²) in [5.41, 5.74) is 0.471. The first kappa shape index (κ1) is 44.2. The number of carbonyl (C=O) groups excluding carboxylic acids is 1. The van der Waals surface area contributed by atoms with E-state index in [1.54, 1.807) is 6.92 Å². The summed E-state index contributed by atoms with van der Waals surface area (Å²) < 4.78 is 23.6. The van der Waals surface area contributed by atoms with Crippen molar-refractivity contribution in [1.29, 1.82) is 0 Å². The van der Waals surface area contributed by atoms with Gasteiger partial charge in [-0.1, -0.05) is 136 Å². The number of carbonyl (C=O) groups is 1. The molecule has 45 heavy (non-hydrogen) atoms. The summed E-state index contributed by atoms with van der Waals surface area (Å²) in [4.78, 5) is 24.2. The third-order valence-corrected chi connectivity index (χ3v) is 9.57. The minimum atomic E-state index is -4.51. The second kappa shape index (κ2) is 28.3. The average Bonchev–Trinajstić information content (AvgIpc) is 2.98. The molecule has 1 amide bonds. The number of rotatable bonds is 33. The van der Waals surface area contributed by atoms with Crippen molar-refractivity contribution < 1.29 is 32.9 Å². The lowest BCUT2D eigenvalue weighted by Gasteiger charge is -2.33. The summed E-state index contributed by atoms with van der Waals surface area (Å²) in [5.74, 6) is 0.0411. The lowest BCUT2D eigenvalue weighted by atomic mass is 9.94. The van der Waals surface area contributed by atoms with Crippen LogP contribution in [0.3, 0.4) is 0 Å². The molecular formula is C36H73N2O6P. The number of nitrogens with one attached hydrogen (secondary N) is 1. The van der Waals surface area contributed by atoms with Crippen LogP contribution in [0.4, 0.5) is 0 Å². The molecule has 0 saturated carbocycles. The molecule has 0 aromatic heterocycles. The Hall–Kier alpha value is -0.760. The zero-order valence-corrected chi connectivity index (χ0v) is 31.0. The zero-order valence-electron chi connectivity index (χ0n) is 30.1. The molecule has 268 valence electrons. The molecule has 0 aliphatic rings. The Morgan fingerprint density at radius 2 is 1.20 bits per heavy atom. The van der Waals surface area contributed by atoms with Gasteiger partial charge < -0.3 is 28.8 Å². The third-order valence-electron chi connectivity index (χ3n) is 8.64. The van der Waals surface area contributed by atoms with Gasteiger partial charge in [0, 0.05) is 18.5 Å². The number of unbranched alkanes of at least 4 members (excludes halogenated alkanes) is 16. The van der Waals surface area contributed by atoms with Crippen LogP contribution in [-0.2, 0) is 18.4 Å². The maximum Gasteiger partial charge on any atom is 0.267 e. The molecule has 2 N–H and O–H groups in total. The Labute approximate surface area is 278 Å². The second-order valence-electron chi connectivity index (χ2n) is 14.0. The number of hydrogen-bond donors (Lipinski definition) is 2. The van der Waals surface area contributed by atoms with Crippen LogP contribution in [-0.4, -0.2) is 68.5 Å². The first-order valence-corrected chi connectivity index (χ1v) is 19.9. The molecule has 0 aromatic rings. The van der Waals surface area contributed by atoms with Gasteiger partial charge in [0.15, 0.2) is 0 Å². The molecule has 0 saturated heterocycles. The molecule has 0 bridgehead atoms. The maximum atomic E-state index is 12.6. The van der Waals surface area contributed by atoms with Crippen LogP contribution in [0.1, 0.15) is 156 Å². The number of amides is 1. The maximum absolute atomic E-state index is 12.6. The van der Waals surface area contributed by atoms with E-state index in [0.717, 1.165) is 32.1 Å². The van der Waals surface area contributed by atoms with E-state index >= 15 is 0 Å². The number of nitrogens with zero attached hydrogens (tertiary/aromatic N) is 1. The fraction of sp³-hybridized carbons (Fsp3) is 0.917. The van der Waals surface area contributed by atoms with Crippen molar-refractivity contribution in [1.82, 2.24) is 5.32 Å². The molecule has 8 nitrogen and oxygen atoms in total. The quantitative estimate of drug-likeness (QED) is 0.0317. The van der Waals surface area contributed by atoms with E-state index in [9.17, 15) is 19.4 Å². The lowest BCUT2D eigenvalue weighted by Crippen LogP contribution is -2.47. The highest BCUT2D eigenvalue weighted by molar-refractivity contribution is 7.45. The zero-order chi connectivity index (χ0) is 33.8. The smallest absolute Gasteiger partial charge is 0.267 e. The van der Waals surface area contributed by atoms with Crippen molar-refractivity contribution in [2.24, 2.45) is 5.92 Å². The summed E-state index contributed by atoms with van der Waals surface area (Å²) in [7, 11) is -0.594.